The van der Waals surface area contributed by atoms with Gasteiger partial charge in [0, 0.05) is 23.4 Å². The lowest BCUT2D eigenvalue weighted by Gasteiger charge is -2.24. The second-order valence-electron chi connectivity index (χ2n) is 3.63. The standard InChI is InChI=1S/C10H17NOS/c1-7(2)8(6-12)10(11)9-4-3-5-13-9/h3-5,7-8,10,12H,6,11H2,1-2H3. The smallest absolute Gasteiger partial charge is 0.0480 e. The van der Waals surface area contributed by atoms with Gasteiger partial charge in [0.1, 0.15) is 0 Å². The Hall–Kier alpha value is -0.380. The normalized spacial score (nSPS) is 16.1. The Morgan fingerprint density at radius 2 is 2.23 bits per heavy atom. The Balaban J connectivity index is 2.70. The molecule has 0 radical (unpaired) electrons. The van der Waals surface area contributed by atoms with Gasteiger partial charge in [-0.15, -0.1) is 11.3 Å². The second kappa shape index (κ2) is 4.74. The van der Waals surface area contributed by atoms with Crippen LogP contribution in [0.1, 0.15) is 24.8 Å². The van der Waals surface area contributed by atoms with Gasteiger partial charge < -0.3 is 10.8 Å². The van der Waals surface area contributed by atoms with E-state index in [1.807, 2.05) is 17.5 Å². The van der Waals surface area contributed by atoms with Crippen molar-refractivity contribution in [2.75, 3.05) is 6.61 Å². The first kappa shape index (κ1) is 10.7. The van der Waals surface area contributed by atoms with Gasteiger partial charge in [-0.2, -0.15) is 0 Å². The zero-order valence-corrected chi connectivity index (χ0v) is 8.92. The van der Waals surface area contributed by atoms with Crippen LogP contribution in [0.4, 0.5) is 0 Å². The number of aliphatic hydroxyl groups is 1. The Bertz CT molecular complexity index is 233. The number of rotatable bonds is 4. The molecule has 0 saturated heterocycles. The third-order valence-corrected chi connectivity index (χ3v) is 3.37. The maximum Gasteiger partial charge on any atom is 0.0480 e. The van der Waals surface area contributed by atoms with Crippen LogP contribution in [0.3, 0.4) is 0 Å². The van der Waals surface area contributed by atoms with E-state index in [0.29, 0.717) is 5.92 Å². The summed E-state index contributed by atoms with van der Waals surface area (Å²) >= 11 is 1.66. The van der Waals surface area contributed by atoms with Crippen molar-refractivity contribution in [3.63, 3.8) is 0 Å². The third kappa shape index (κ3) is 2.53. The van der Waals surface area contributed by atoms with E-state index in [1.54, 1.807) is 11.3 Å². The van der Waals surface area contributed by atoms with Crippen LogP contribution in [0.15, 0.2) is 17.5 Å². The Kier molecular flexibility index (Phi) is 3.90. The molecule has 1 aromatic heterocycles. The zero-order valence-electron chi connectivity index (χ0n) is 8.10. The third-order valence-electron chi connectivity index (χ3n) is 2.40. The Morgan fingerprint density at radius 3 is 2.62 bits per heavy atom. The predicted molar refractivity (Wildman–Crippen MR) is 56.7 cm³/mol. The average molecular weight is 199 g/mol. The monoisotopic (exact) mass is 199 g/mol. The van der Waals surface area contributed by atoms with Crippen LogP contribution in [0.2, 0.25) is 0 Å². The van der Waals surface area contributed by atoms with Crippen molar-refractivity contribution in [1.29, 1.82) is 0 Å². The molecule has 3 heteroatoms. The van der Waals surface area contributed by atoms with Gasteiger partial charge in [0.25, 0.3) is 0 Å². The molecule has 1 aromatic rings. The maximum atomic E-state index is 9.19. The van der Waals surface area contributed by atoms with E-state index in [4.69, 9.17) is 5.73 Å². The number of aliphatic hydroxyl groups excluding tert-OH is 1. The molecule has 0 aliphatic carbocycles. The fourth-order valence-corrected chi connectivity index (χ4v) is 2.23. The highest BCUT2D eigenvalue weighted by atomic mass is 32.1. The Morgan fingerprint density at radius 1 is 1.54 bits per heavy atom. The molecule has 13 heavy (non-hydrogen) atoms. The lowest BCUT2D eigenvalue weighted by molar-refractivity contribution is 0.167. The van der Waals surface area contributed by atoms with E-state index in [2.05, 4.69) is 13.8 Å². The summed E-state index contributed by atoms with van der Waals surface area (Å²) in [7, 11) is 0. The predicted octanol–water partition coefficient (Wildman–Crippen LogP) is 2.01. The molecule has 1 heterocycles. The van der Waals surface area contributed by atoms with Crippen LogP contribution in [0, 0.1) is 11.8 Å². The fraction of sp³-hybridized carbons (Fsp3) is 0.600. The van der Waals surface area contributed by atoms with Crippen LogP contribution in [-0.4, -0.2) is 11.7 Å². The van der Waals surface area contributed by atoms with Crippen molar-refractivity contribution >= 4 is 11.3 Å². The molecule has 0 fully saturated rings. The minimum absolute atomic E-state index is 0.0231. The van der Waals surface area contributed by atoms with Crippen LogP contribution in [0.25, 0.3) is 0 Å². The molecule has 0 aromatic carbocycles. The summed E-state index contributed by atoms with van der Waals surface area (Å²) in [5.41, 5.74) is 6.05. The zero-order chi connectivity index (χ0) is 9.84. The van der Waals surface area contributed by atoms with Gasteiger partial charge in [0.2, 0.25) is 0 Å². The van der Waals surface area contributed by atoms with E-state index < -0.39 is 0 Å². The van der Waals surface area contributed by atoms with Crippen molar-refractivity contribution in [2.24, 2.45) is 17.6 Å². The van der Waals surface area contributed by atoms with E-state index in [-0.39, 0.29) is 18.6 Å². The fourth-order valence-electron chi connectivity index (χ4n) is 1.43. The highest BCUT2D eigenvalue weighted by Crippen LogP contribution is 2.28. The highest BCUT2D eigenvalue weighted by molar-refractivity contribution is 7.10. The maximum absolute atomic E-state index is 9.19. The van der Waals surface area contributed by atoms with Crippen LogP contribution < -0.4 is 5.73 Å². The molecule has 0 amide bonds. The minimum Gasteiger partial charge on any atom is -0.396 e. The summed E-state index contributed by atoms with van der Waals surface area (Å²) in [6, 6.07) is 4.00. The summed E-state index contributed by atoms with van der Waals surface area (Å²) < 4.78 is 0. The van der Waals surface area contributed by atoms with Crippen LogP contribution >= 0.6 is 11.3 Å². The highest BCUT2D eigenvalue weighted by Gasteiger charge is 2.22. The van der Waals surface area contributed by atoms with E-state index in [1.165, 1.54) is 0 Å². The van der Waals surface area contributed by atoms with Crippen molar-refractivity contribution in [3.05, 3.63) is 22.4 Å². The van der Waals surface area contributed by atoms with Crippen LogP contribution in [-0.2, 0) is 0 Å². The molecule has 0 bridgehead atoms. The summed E-state index contributed by atoms with van der Waals surface area (Å²) in [5, 5.41) is 11.2. The first-order valence-corrected chi connectivity index (χ1v) is 5.44. The average Bonchev–Trinajstić information content (AvgIpc) is 2.56. The molecule has 2 nitrogen and oxygen atoms in total. The Labute approximate surface area is 83.4 Å². The SMILES string of the molecule is CC(C)C(CO)C(N)c1cccs1. The van der Waals surface area contributed by atoms with Gasteiger partial charge in [0.05, 0.1) is 0 Å². The van der Waals surface area contributed by atoms with Crippen LogP contribution in [0.5, 0.6) is 0 Å². The first-order chi connectivity index (χ1) is 6.16. The molecular formula is C10H17NOS. The number of thiophene rings is 1. The largest absolute Gasteiger partial charge is 0.396 e. The summed E-state index contributed by atoms with van der Waals surface area (Å²) in [5.74, 6) is 0.584. The molecular weight excluding hydrogens is 182 g/mol. The first-order valence-electron chi connectivity index (χ1n) is 4.56. The van der Waals surface area contributed by atoms with Crippen molar-refractivity contribution in [1.82, 2.24) is 0 Å². The lowest BCUT2D eigenvalue weighted by Crippen LogP contribution is -2.27. The lowest BCUT2D eigenvalue weighted by atomic mass is 9.89. The van der Waals surface area contributed by atoms with Gasteiger partial charge in [-0.3, -0.25) is 0 Å². The molecule has 0 spiro atoms. The van der Waals surface area contributed by atoms with Gasteiger partial charge in [-0.1, -0.05) is 19.9 Å². The van der Waals surface area contributed by atoms with Gasteiger partial charge >= 0.3 is 0 Å². The minimum atomic E-state index is -0.0231. The molecule has 0 saturated carbocycles. The van der Waals surface area contributed by atoms with Gasteiger partial charge in [-0.25, -0.2) is 0 Å². The molecule has 1 rings (SSSR count). The molecule has 2 atom stereocenters. The van der Waals surface area contributed by atoms with Crippen molar-refractivity contribution in [3.8, 4) is 0 Å². The van der Waals surface area contributed by atoms with Crippen molar-refractivity contribution < 1.29 is 5.11 Å². The van der Waals surface area contributed by atoms with Gasteiger partial charge in [-0.05, 0) is 17.4 Å². The van der Waals surface area contributed by atoms with Crippen molar-refractivity contribution in [2.45, 2.75) is 19.9 Å². The van der Waals surface area contributed by atoms with E-state index in [0.717, 1.165) is 4.88 Å². The quantitative estimate of drug-likeness (QED) is 0.779. The topological polar surface area (TPSA) is 46.2 Å². The number of hydrogen-bond acceptors (Lipinski definition) is 3. The second-order valence-corrected chi connectivity index (χ2v) is 4.61. The molecule has 3 N–H and O–H groups in total. The number of hydrogen-bond donors (Lipinski definition) is 2. The van der Waals surface area contributed by atoms with Gasteiger partial charge in [0.15, 0.2) is 0 Å². The van der Waals surface area contributed by atoms with E-state index >= 15 is 0 Å². The molecule has 74 valence electrons. The van der Waals surface area contributed by atoms with E-state index in [9.17, 15) is 5.11 Å². The number of nitrogens with two attached hydrogens (primary N) is 1. The molecule has 0 aliphatic heterocycles. The molecule has 2 unspecified atom stereocenters. The summed E-state index contributed by atoms with van der Waals surface area (Å²) in [6.07, 6.45) is 0. The summed E-state index contributed by atoms with van der Waals surface area (Å²) in [6.45, 7) is 4.35. The molecule has 0 aliphatic rings. The summed E-state index contributed by atoms with van der Waals surface area (Å²) in [4.78, 5) is 1.16.